The molecule has 1 N–H and O–H groups in total. The van der Waals surface area contributed by atoms with E-state index in [9.17, 15) is 4.79 Å². The Labute approximate surface area is 142 Å². The minimum absolute atomic E-state index is 0.0396. The quantitative estimate of drug-likeness (QED) is 0.913. The monoisotopic (exact) mass is 328 g/mol. The molecule has 1 fully saturated rings. The fraction of sp³-hybridized carbons (Fsp3) is 0.421. The molecule has 1 aliphatic heterocycles. The number of carbonyl (C=O) groups is 1. The van der Waals surface area contributed by atoms with Gasteiger partial charge in [-0.15, -0.1) is 0 Å². The van der Waals surface area contributed by atoms with Gasteiger partial charge in [-0.05, 0) is 25.1 Å². The normalized spacial score (nSPS) is 18.8. The number of aromatic carboxylic acids is 1. The summed E-state index contributed by atoms with van der Waals surface area (Å²) in [6, 6.07) is 12.6. The third-order valence-electron chi connectivity index (χ3n) is 4.62. The number of aryl methyl sites for hydroxylation is 1. The second-order valence-electron chi connectivity index (χ2n) is 6.33. The van der Waals surface area contributed by atoms with Gasteiger partial charge in [0.1, 0.15) is 5.76 Å². The second kappa shape index (κ2) is 7.09. The van der Waals surface area contributed by atoms with E-state index in [1.807, 2.05) is 13.0 Å². The molecule has 1 aromatic carbocycles. The molecule has 0 aliphatic carbocycles. The minimum Gasteiger partial charge on any atom is -0.475 e. The number of piperazine rings is 1. The van der Waals surface area contributed by atoms with Crippen LogP contribution in [-0.4, -0.2) is 41.7 Å². The molecule has 0 spiro atoms. The summed E-state index contributed by atoms with van der Waals surface area (Å²) < 4.78 is 5.45. The zero-order valence-electron chi connectivity index (χ0n) is 14.2. The van der Waals surface area contributed by atoms with Crippen LogP contribution in [0, 0.1) is 0 Å². The number of benzene rings is 1. The van der Waals surface area contributed by atoms with Crippen molar-refractivity contribution in [1.82, 2.24) is 4.90 Å². The Morgan fingerprint density at radius 2 is 2.04 bits per heavy atom. The van der Waals surface area contributed by atoms with Crippen molar-refractivity contribution in [2.75, 3.05) is 24.5 Å². The molecule has 2 aromatic rings. The summed E-state index contributed by atoms with van der Waals surface area (Å²) in [7, 11) is 0. The molecule has 1 saturated heterocycles. The molecule has 2 heterocycles. The summed E-state index contributed by atoms with van der Waals surface area (Å²) in [4.78, 5) is 15.9. The van der Waals surface area contributed by atoms with E-state index in [1.165, 1.54) is 5.69 Å². The number of nitrogens with zero attached hydrogens (tertiary/aromatic N) is 2. The molecule has 5 nitrogen and oxygen atoms in total. The lowest BCUT2D eigenvalue weighted by Crippen LogP contribution is -2.51. The number of furan rings is 1. The fourth-order valence-electron chi connectivity index (χ4n) is 3.43. The molecule has 0 saturated carbocycles. The molecule has 1 aliphatic rings. The number of carboxylic acid groups (broad SMARTS) is 1. The summed E-state index contributed by atoms with van der Waals surface area (Å²) in [5.74, 6) is -0.179. The van der Waals surface area contributed by atoms with Gasteiger partial charge < -0.3 is 14.4 Å². The first-order chi connectivity index (χ1) is 11.6. The van der Waals surface area contributed by atoms with Gasteiger partial charge in [0.2, 0.25) is 5.76 Å². The van der Waals surface area contributed by atoms with Crippen molar-refractivity contribution in [2.45, 2.75) is 32.9 Å². The van der Waals surface area contributed by atoms with Crippen LogP contribution in [0.5, 0.6) is 0 Å². The van der Waals surface area contributed by atoms with Gasteiger partial charge in [-0.1, -0.05) is 25.1 Å². The third kappa shape index (κ3) is 3.46. The molecule has 0 radical (unpaired) electrons. The van der Waals surface area contributed by atoms with Crippen molar-refractivity contribution in [3.63, 3.8) is 0 Å². The van der Waals surface area contributed by atoms with Crippen LogP contribution < -0.4 is 4.90 Å². The zero-order valence-corrected chi connectivity index (χ0v) is 14.2. The van der Waals surface area contributed by atoms with E-state index >= 15 is 0 Å². The summed E-state index contributed by atoms with van der Waals surface area (Å²) in [5.41, 5.74) is 2.26. The average Bonchev–Trinajstić information content (AvgIpc) is 2.99. The van der Waals surface area contributed by atoms with Gasteiger partial charge in [-0.25, -0.2) is 4.79 Å². The lowest BCUT2D eigenvalue weighted by molar-refractivity contribution is 0.0660. The second-order valence-corrected chi connectivity index (χ2v) is 6.33. The van der Waals surface area contributed by atoms with E-state index in [1.54, 1.807) is 6.07 Å². The molecular weight excluding hydrogens is 304 g/mol. The maximum atomic E-state index is 11.1. The molecule has 0 bridgehead atoms. The summed E-state index contributed by atoms with van der Waals surface area (Å²) in [6.07, 6.45) is 0.710. The number of rotatable bonds is 5. The predicted molar refractivity (Wildman–Crippen MR) is 93.6 cm³/mol. The van der Waals surface area contributed by atoms with Crippen LogP contribution in [0.1, 0.15) is 35.7 Å². The van der Waals surface area contributed by atoms with Crippen LogP contribution in [0.2, 0.25) is 0 Å². The molecule has 0 amide bonds. The van der Waals surface area contributed by atoms with Crippen LogP contribution in [0.4, 0.5) is 5.69 Å². The van der Waals surface area contributed by atoms with E-state index < -0.39 is 5.97 Å². The molecular formula is C19H24N2O3. The Morgan fingerprint density at radius 1 is 1.29 bits per heavy atom. The van der Waals surface area contributed by atoms with Crippen LogP contribution in [0.25, 0.3) is 0 Å². The minimum atomic E-state index is -1.00. The van der Waals surface area contributed by atoms with Crippen LogP contribution in [0.15, 0.2) is 40.8 Å². The smallest absolute Gasteiger partial charge is 0.371 e. The van der Waals surface area contributed by atoms with E-state index in [2.05, 4.69) is 41.0 Å². The average molecular weight is 328 g/mol. The van der Waals surface area contributed by atoms with Gasteiger partial charge in [0, 0.05) is 49.9 Å². The van der Waals surface area contributed by atoms with Crippen LogP contribution in [0.3, 0.4) is 0 Å². The van der Waals surface area contributed by atoms with Crippen molar-refractivity contribution in [3.8, 4) is 0 Å². The number of hydrogen-bond acceptors (Lipinski definition) is 4. The van der Waals surface area contributed by atoms with Crippen LogP contribution >= 0.6 is 0 Å². The maximum absolute atomic E-state index is 11.1. The maximum Gasteiger partial charge on any atom is 0.371 e. The highest BCUT2D eigenvalue weighted by atomic mass is 16.4. The van der Waals surface area contributed by atoms with E-state index in [-0.39, 0.29) is 5.76 Å². The number of hydrogen-bond donors (Lipinski definition) is 1. The molecule has 128 valence electrons. The summed E-state index contributed by atoms with van der Waals surface area (Å²) in [5, 5.41) is 9.11. The largest absolute Gasteiger partial charge is 0.475 e. The van der Waals surface area contributed by atoms with Gasteiger partial charge in [0.25, 0.3) is 0 Å². The van der Waals surface area contributed by atoms with Crippen molar-refractivity contribution >= 4 is 11.7 Å². The van der Waals surface area contributed by atoms with Crippen molar-refractivity contribution < 1.29 is 14.3 Å². The summed E-state index contributed by atoms with van der Waals surface area (Å²) >= 11 is 0. The van der Waals surface area contributed by atoms with Crippen LogP contribution in [-0.2, 0) is 13.0 Å². The van der Waals surface area contributed by atoms with Gasteiger partial charge in [-0.3, -0.25) is 4.90 Å². The third-order valence-corrected chi connectivity index (χ3v) is 4.62. The highest BCUT2D eigenvalue weighted by Gasteiger charge is 2.25. The van der Waals surface area contributed by atoms with E-state index in [4.69, 9.17) is 9.52 Å². The van der Waals surface area contributed by atoms with Gasteiger partial charge in [0.15, 0.2) is 0 Å². The van der Waals surface area contributed by atoms with Gasteiger partial charge >= 0.3 is 5.97 Å². The first kappa shape index (κ1) is 16.6. The predicted octanol–water partition coefficient (Wildman–Crippen LogP) is 3.25. The number of anilines is 1. The van der Waals surface area contributed by atoms with Gasteiger partial charge in [0.05, 0.1) is 0 Å². The summed E-state index contributed by atoms with van der Waals surface area (Å²) in [6.45, 7) is 7.84. The first-order valence-electron chi connectivity index (χ1n) is 8.47. The Hall–Kier alpha value is -2.27. The zero-order chi connectivity index (χ0) is 17.1. The van der Waals surface area contributed by atoms with E-state index in [0.717, 1.165) is 37.5 Å². The molecule has 24 heavy (non-hydrogen) atoms. The van der Waals surface area contributed by atoms with Crippen molar-refractivity contribution in [2.24, 2.45) is 0 Å². The molecule has 5 heteroatoms. The standard InChI is InChI=1S/C19H24N2O3/c1-3-17-15(11-18(24-17)19(22)23)13-20-9-10-21(14(2)12-20)16-7-5-4-6-8-16/h4-8,11,14H,3,9-10,12-13H2,1-2H3,(H,22,23). The SMILES string of the molecule is CCc1oc(C(=O)O)cc1CN1CCN(c2ccccc2)C(C)C1. The highest BCUT2D eigenvalue weighted by Crippen LogP contribution is 2.23. The van der Waals surface area contributed by atoms with Gasteiger partial charge in [-0.2, -0.15) is 0 Å². The topological polar surface area (TPSA) is 56.9 Å². The molecule has 3 rings (SSSR count). The lowest BCUT2D eigenvalue weighted by Gasteiger charge is -2.41. The number of para-hydroxylation sites is 1. The Bertz CT molecular complexity index is 696. The Morgan fingerprint density at radius 3 is 2.67 bits per heavy atom. The lowest BCUT2D eigenvalue weighted by atomic mass is 10.1. The fourth-order valence-corrected chi connectivity index (χ4v) is 3.43. The molecule has 1 unspecified atom stereocenters. The highest BCUT2D eigenvalue weighted by molar-refractivity contribution is 5.84. The Kier molecular flexibility index (Phi) is 4.90. The Balaban J connectivity index is 1.67. The van der Waals surface area contributed by atoms with Crippen molar-refractivity contribution in [3.05, 3.63) is 53.5 Å². The van der Waals surface area contributed by atoms with Crippen molar-refractivity contribution in [1.29, 1.82) is 0 Å². The molecule has 1 aromatic heterocycles. The van der Waals surface area contributed by atoms with E-state index in [0.29, 0.717) is 12.5 Å². The first-order valence-corrected chi connectivity index (χ1v) is 8.47. The number of carboxylic acids is 1. The molecule has 1 atom stereocenters.